The summed E-state index contributed by atoms with van der Waals surface area (Å²) in [6.07, 6.45) is 4.72. The van der Waals surface area contributed by atoms with Crippen molar-refractivity contribution >= 4 is 17.4 Å². The fraction of sp³-hybridized carbons (Fsp3) is 0.333. The lowest BCUT2D eigenvalue weighted by molar-refractivity contribution is 0.874. The highest BCUT2D eigenvalue weighted by atomic mass is 32.2. The molecule has 1 heterocycles. The number of benzene rings is 1. The predicted molar refractivity (Wildman–Crippen MR) is 73.0 cm³/mol. The van der Waals surface area contributed by atoms with Crippen molar-refractivity contribution < 1.29 is 0 Å². The fourth-order valence-corrected chi connectivity index (χ4v) is 4.63. The molecule has 4 rings (SSSR count). The third-order valence-electron chi connectivity index (χ3n) is 4.29. The lowest BCUT2D eigenvalue weighted by atomic mass is 10.1. The van der Waals surface area contributed by atoms with Crippen LogP contribution >= 0.6 is 11.8 Å². The van der Waals surface area contributed by atoms with Crippen LogP contribution in [0.3, 0.4) is 0 Å². The van der Waals surface area contributed by atoms with Crippen LogP contribution in [-0.2, 0) is 0 Å². The summed E-state index contributed by atoms with van der Waals surface area (Å²) < 4.78 is 0. The Bertz CT molecular complexity index is 558. The Kier molecular flexibility index (Phi) is 1.85. The Morgan fingerprint density at radius 2 is 2.06 bits per heavy atom. The van der Waals surface area contributed by atoms with Gasteiger partial charge in [0.25, 0.3) is 0 Å². The highest BCUT2D eigenvalue weighted by Gasteiger charge is 2.51. The predicted octanol–water partition coefficient (Wildman–Crippen LogP) is 3.89. The molecule has 1 nitrogen and oxygen atoms in total. The van der Waals surface area contributed by atoms with Crippen molar-refractivity contribution in [2.45, 2.75) is 11.8 Å². The van der Waals surface area contributed by atoms with Gasteiger partial charge in [0, 0.05) is 22.8 Å². The van der Waals surface area contributed by atoms with Gasteiger partial charge in [0.15, 0.2) is 0 Å². The molecule has 0 spiro atoms. The number of fused-ring (bicyclic) bond motifs is 3. The maximum atomic E-state index is 2.40. The molecule has 17 heavy (non-hydrogen) atoms. The maximum absolute atomic E-state index is 2.40. The summed E-state index contributed by atoms with van der Waals surface area (Å²) in [5, 5.41) is 0. The molecule has 2 heteroatoms. The zero-order valence-electron chi connectivity index (χ0n) is 10.1. The minimum absolute atomic E-state index is 0.788. The number of rotatable bonds is 0. The molecular formula is C15H15NS. The number of allylic oxidation sites excluding steroid dienone is 3. The number of hydrogen-bond donors (Lipinski definition) is 0. The van der Waals surface area contributed by atoms with Crippen LogP contribution in [-0.4, -0.2) is 7.05 Å². The zero-order valence-corrected chi connectivity index (χ0v) is 10.9. The molecule has 0 N–H and O–H groups in total. The van der Waals surface area contributed by atoms with Crippen LogP contribution in [0.2, 0.25) is 0 Å². The Hall–Kier alpha value is -1.15. The van der Waals surface area contributed by atoms with Gasteiger partial charge in [0.1, 0.15) is 0 Å². The Morgan fingerprint density at radius 1 is 1.24 bits per heavy atom. The van der Waals surface area contributed by atoms with Crippen LogP contribution in [0.15, 0.2) is 51.9 Å². The molecule has 1 aliphatic heterocycles. The van der Waals surface area contributed by atoms with Crippen molar-refractivity contribution in [3.8, 4) is 0 Å². The summed E-state index contributed by atoms with van der Waals surface area (Å²) in [4.78, 5) is 5.34. The first kappa shape index (κ1) is 9.84. The van der Waals surface area contributed by atoms with Crippen LogP contribution in [0, 0.1) is 17.8 Å². The average molecular weight is 241 g/mol. The van der Waals surface area contributed by atoms with Crippen molar-refractivity contribution in [3.63, 3.8) is 0 Å². The van der Waals surface area contributed by atoms with E-state index < -0.39 is 0 Å². The molecule has 3 aliphatic rings. The second-order valence-corrected chi connectivity index (χ2v) is 6.28. The number of anilines is 1. The SMILES string of the molecule is CC1C2C=CC3=C(Sc4ccccc4N3C)C12. The van der Waals surface area contributed by atoms with E-state index in [0.29, 0.717) is 0 Å². The van der Waals surface area contributed by atoms with E-state index >= 15 is 0 Å². The van der Waals surface area contributed by atoms with Crippen LogP contribution < -0.4 is 4.90 Å². The Labute approximate surface area is 106 Å². The van der Waals surface area contributed by atoms with Gasteiger partial charge in [-0.15, -0.1) is 0 Å². The lowest BCUT2D eigenvalue weighted by Gasteiger charge is -2.32. The highest BCUT2D eigenvalue weighted by Crippen LogP contribution is 2.61. The molecule has 0 amide bonds. The zero-order chi connectivity index (χ0) is 11.6. The number of nitrogens with zero attached hydrogens (tertiary/aromatic N) is 1. The third-order valence-corrected chi connectivity index (χ3v) is 5.55. The van der Waals surface area contributed by atoms with Gasteiger partial charge in [-0.1, -0.05) is 36.9 Å². The first-order chi connectivity index (χ1) is 8.27. The van der Waals surface area contributed by atoms with Crippen molar-refractivity contribution in [3.05, 3.63) is 47.0 Å². The molecule has 86 valence electrons. The standard InChI is InChI=1S/C15H15NS/c1-9-10-7-8-12-15(14(9)10)17-13-6-4-3-5-11(13)16(12)2/h3-10,14H,1-2H3. The van der Waals surface area contributed by atoms with Crippen molar-refractivity contribution in [2.75, 3.05) is 11.9 Å². The lowest BCUT2D eigenvalue weighted by Crippen LogP contribution is -2.22. The monoisotopic (exact) mass is 241 g/mol. The molecule has 2 aliphatic carbocycles. The number of para-hydroxylation sites is 1. The second kappa shape index (κ2) is 3.20. The highest BCUT2D eigenvalue weighted by molar-refractivity contribution is 8.03. The third kappa shape index (κ3) is 1.22. The summed E-state index contributed by atoms with van der Waals surface area (Å²) in [6.45, 7) is 2.37. The molecule has 3 atom stereocenters. The van der Waals surface area contributed by atoms with Gasteiger partial charge >= 0.3 is 0 Å². The quantitative estimate of drug-likeness (QED) is 0.678. The summed E-state index contributed by atoms with van der Waals surface area (Å²) in [5.41, 5.74) is 2.76. The smallest absolute Gasteiger partial charge is 0.0550 e. The fourth-order valence-electron chi connectivity index (χ4n) is 3.12. The van der Waals surface area contributed by atoms with Crippen molar-refractivity contribution in [1.82, 2.24) is 0 Å². The van der Waals surface area contributed by atoms with Crippen molar-refractivity contribution in [2.24, 2.45) is 17.8 Å². The van der Waals surface area contributed by atoms with Crippen LogP contribution in [0.4, 0.5) is 5.69 Å². The van der Waals surface area contributed by atoms with Gasteiger partial charge in [-0.3, -0.25) is 0 Å². The van der Waals surface area contributed by atoms with Gasteiger partial charge in [0.2, 0.25) is 0 Å². The van der Waals surface area contributed by atoms with Crippen LogP contribution in [0.5, 0.6) is 0 Å². The molecule has 1 aromatic carbocycles. The second-order valence-electron chi connectivity index (χ2n) is 5.20. The molecule has 1 fully saturated rings. The van der Waals surface area contributed by atoms with E-state index in [1.54, 1.807) is 4.91 Å². The number of likely N-dealkylation sites (N-methyl/N-ethyl adjacent to an activating group) is 1. The van der Waals surface area contributed by atoms with E-state index in [1.807, 2.05) is 11.8 Å². The first-order valence-electron chi connectivity index (χ1n) is 6.20. The van der Waals surface area contributed by atoms with Crippen molar-refractivity contribution in [1.29, 1.82) is 0 Å². The van der Waals surface area contributed by atoms with E-state index in [1.165, 1.54) is 16.3 Å². The average Bonchev–Trinajstić information content (AvgIpc) is 3.02. The molecule has 1 aromatic rings. The summed E-state index contributed by atoms with van der Waals surface area (Å²) in [5.74, 6) is 2.43. The maximum Gasteiger partial charge on any atom is 0.0550 e. The van der Waals surface area contributed by atoms with E-state index in [2.05, 4.69) is 55.3 Å². The summed E-state index contributed by atoms with van der Waals surface area (Å²) in [7, 11) is 2.19. The molecule has 3 unspecified atom stereocenters. The molecule has 0 aromatic heterocycles. The number of thioether (sulfide) groups is 1. The largest absolute Gasteiger partial charge is 0.343 e. The Morgan fingerprint density at radius 3 is 2.94 bits per heavy atom. The van der Waals surface area contributed by atoms with Crippen LogP contribution in [0.1, 0.15) is 6.92 Å². The summed E-state index contributed by atoms with van der Waals surface area (Å²) in [6, 6.07) is 8.71. The van der Waals surface area contributed by atoms with Gasteiger partial charge in [-0.2, -0.15) is 0 Å². The van der Waals surface area contributed by atoms with Gasteiger partial charge in [-0.25, -0.2) is 0 Å². The molecule has 0 bridgehead atoms. The topological polar surface area (TPSA) is 3.24 Å². The molecule has 1 saturated carbocycles. The first-order valence-corrected chi connectivity index (χ1v) is 7.02. The molecule has 0 saturated heterocycles. The molecular weight excluding hydrogens is 226 g/mol. The van der Waals surface area contributed by atoms with E-state index in [0.717, 1.165) is 17.8 Å². The van der Waals surface area contributed by atoms with Gasteiger partial charge in [0.05, 0.1) is 11.4 Å². The summed E-state index contributed by atoms with van der Waals surface area (Å²) >= 11 is 1.98. The van der Waals surface area contributed by atoms with Gasteiger partial charge in [-0.05, 0) is 30.0 Å². The normalized spacial score (nSPS) is 33.1. The molecule has 0 radical (unpaired) electrons. The van der Waals surface area contributed by atoms with E-state index in [-0.39, 0.29) is 0 Å². The van der Waals surface area contributed by atoms with Gasteiger partial charge < -0.3 is 4.90 Å². The van der Waals surface area contributed by atoms with E-state index in [4.69, 9.17) is 0 Å². The minimum Gasteiger partial charge on any atom is -0.343 e. The number of hydrogen-bond acceptors (Lipinski definition) is 2. The Balaban J connectivity index is 1.85. The van der Waals surface area contributed by atoms with Crippen LogP contribution in [0.25, 0.3) is 0 Å². The van der Waals surface area contributed by atoms with E-state index in [9.17, 15) is 0 Å². The minimum atomic E-state index is 0.788.